The summed E-state index contributed by atoms with van der Waals surface area (Å²) in [5, 5.41) is 45.2. The predicted molar refractivity (Wildman–Crippen MR) is 199 cm³/mol. The third kappa shape index (κ3) is 20.3. The van der Waals surface area contributed by atoms with Gasteiger partial charge in [0.25, 0.3) is 0 Å². The minimum absolute atomic E-state index is 0.0677. The molecule has 6 atom stereocenters. The summed E-state index contributed by atoms with van der Waals surface area (Å²) in [4.78, 5) is 47.9. The fourth-order valence-corrected chi connectivity index (χ4v) is 7.50. The number of aliphatic hydroxyl groups is 3. The number of nitrogens with zero attached hydrogens (tertiary/aromatic N) is 1. The molecule has 0 aliphatic carbocycles. The van der Waals surface area contributed by atoms with Gasteiger partial charge in [-0.25, -0.2) is 4.79 Å². The van der Waals surface area contributed by atoms with Gasteiger partial charge < -0.3 is 40.5 Å². The normalized spacial score (nSPS) is 21.8. The summed E-state index contributed by atoms with van der Waals surface area (Å²) < 4.78 is 18.0. The van der Waals surface area contributed by atoms with Crippen molar-refractivity contribution in [2.45, 2.75) is 173 Å². The molecule has 298 valence electrons. The van der Waals surface area contributed by atoms with Gasteiger partial charge in [-0.2, -0.15) is 0 Å². The molecule has 1 rings (SSSR count). The molecule has 2 amide bonds. The molecular weight excluding hydrogens is 677 g/mol. The van der Waals surface area contributed by atoms with Crippen LogP contribution >= 0.6 is 7.60 Å². The highest BCUT2D eigenvalue weighted by Crippen LogP contribution is 2.43. The number of hydrogen-bond donors (Lipinski definition) is 7. The first kappa shape index (κ1) is 47.2. The number of amides is 2. The molecule has 0 aromatic rings. The van der Waals surface area contributed by atoms with Gasteiger partial charge in [-0.15, -0.1) is 0 Å². The first-order valence-corrected chi connectivity index (χ1v) is 21.2. The summed E-state index contributed by atoms with van der Waals surface area (Å²) in [5.74, 6) is -2.28. The summed E-state index contributed by atoms with van der Waals surface area (Å²) in [6, 6.07) is -1.79. The first-order chi connectivity index (χ1) is 24.3. The second-order valence-corrected chi connectivity index (χ2v) is 16.4. The van der Waals surface area contributed by atoms with Crippen molar-refractivity contribution in [1.29, 1.82) is 0 Å². The number of carboxylic acid groups (broad SMARTS) is 1. The number of hydrogen-bond acceptors (Lipinski definition) is 9. The van der Waals surface area contributed by atoms with Gasteiger partial charge in [0.1, 0.15) is 0 Å². The lowest BCUT2D eigenvalue weighted by atomic mass is 10.0. The highest BCUT2D eigenvalue weighted by Gasteiger charge is 2.47. The van der Waals surface area contributed by atoms with Crippen LogP contribution in [0.4, 0.5) is 0 Å². The molecule has 0 radical (unpaired) electrons. The van der Waals surface area contributed by atoms with Gasteiger partial charge >= 0.3 is 13.6 Å². The van der Waals surface area contributed by atoms with E-state index in [1.807, 2.05) is 0 Å². The molecule has 1 aliphatic rings. The highest BCUT2D eigenvalue weighted by atomic mass is 31.2. The Labute approximate surface area is 306 Å². The zero-order chi connectivity index (χ0) is 38.1. The summed E-state index contributed by atoms with van der Waals surface area (Å²) >= 11 is 0. The van der Waals surface area contributed by atoms with Crippen molar-refractivity contribution in [2.75, 3.05) is 32.5 Å². The van der Waals surface area contributed by atoms with Gasteiger partial charge in [-0.1, -0.05) is 103 Å². The third-order valence-electron chi connectivity index (χ3n) is 9.74. The lowest BCUT2D eigenvalue weighted by molar-refractivity contribution is -0.148. The molecule has 0 spiro atoms. The maximum Gasteiger partial charge on any atom is 0.331 e. The molecule has 0 bridgehead atoms. The fourth-order valence-electron chi connectivity index (χ4n) is 6.42. The number of carbonyl (C=O) groups is 3. The molecule has 1 fully saturated rings. The van der Waals surface area contributed by atoms with Crippen molar-refractivity contribution in [2.24, 2.45) is 0 Å². The van der Waals surface area contributed by atoms with E-state index in [4.69, 9.17) is 4.52 Å². The summed E-state index contributed by atoms with van der Waals surface area (Å²) in [6.07, 6.45) is 23.0. The largest absolute Gasteiger partial charge is 0.479 e. The molecule has 0 aromatic carbocycles. The van der Waals surface area contributed by atoms with Crippen LogP contribution in [-0.2, 0) is 23.5 Å². The van der Waals surface area contributed by atoms with Gasteiger partial charge in [-0.05, 0) is 39.0 Å². The third-order valence-corrected chi connectivity index (χ3v) is 11.0. The molecule has 7 N–H and O–H groups in total. The molecule has 13 nitrogen and oxygen atoms in total. The van der Waals surface area contributed by atoms with Crippen LogP contribution in [0.1, 0.15) is 143 Å². The molecule has 14 heteroatoms. The van der Waals surface area contributed by atoms with E-state index in [1.165, 1.54) is 109 Å². The molecular formula is C37H70N3O10P. The molecule has 51 heavy (non-hydrogen) atoms. The standard InChI is InChI=1S/C37H70N3O10P/c1-4-5-6-7-8-9-10-11-12-13-14-15-16-17-18-19-20-21-22-23-24-33(43)39-37(3,36(46)47)29-50-51(48,49)26-25-40-31(27-38-30(2)42)34(44)35(45)32(40)28-41/h10-11,31-32,34-35,41,44-45H,4-9,12-29H2,1-3H3,(H,38,42)(H,39,43)(H,46,47)(H,48,49)/b11-10-/t31-,32-,34-,35-,37?/m1/s1. The first-order valence-electron chi connectivity index (χ1n) is 19.4. The highest BCUT2D eigenvalue weighted by molar-refractivity contribution is 7.52. The maximum atomic E-state index is 12.9. The lowest BCUT2D eigenvalue weighted by Crippen LogP contribution is -2.55. The summed E-state index contributed by atoms with van der Waals surface area (Å²) in [7, 11) is -4.42. The Morgan fingerprint density at radius 3 is 1.80 bits per heavy atom. The van der Waals surface area contributed by atoms with E-state index in [9.17, 15) is 44.3 Å². The Kier molecular flexibility index (Phi) is 24.8. The Morgan fingerprint density at radius 2 is 1.31 bits per heavy atom. The Hall–Kier alpha value is -1.86. The van der Waals surface area contributed by atoms with Crippen LogP contribution in [0, 0.1) is 0 Å². The molecule has 0 saturated carbocycles. The number of carboxylic acids is 1. The molecule has 1 heterocycles. The van der Waals surface area contributed by atoms with Gasteiger partial charge in [0.15, 0.2) is 5.54 Å². The van der Waals surface area contributed by atoms with Crippen LogP contribution in [0.25, 0.3) is 0 Å². The van der Waals surface area contributed by atoms with E-state index in [0.29, 0.717) is 6.42 Å². The molecule has 1 aliphatic heterocycles. The average molecular weight is 748 g/mol. The van der Waals surface area contributed by atoms with E-state index in [2.05, 4.69) is 29.7 Å². The zero-order valence-corrected chi connectivity index (χ0v) is 32.5. The van der Waals surface area contributed by atoms with Crippen LogP contribution in [0.15, 0.2) is 12.2 Å². The van der Waals surface area contributed by atoms with Crippen molar-refractivity contribution in [3.05, 3.63) is 12.2 Å². The second-order valence-electron chi connectivity index (χ2n) is 14.4. The van der Waals surface area contributed by atoms with E-state index in [0.717, 1.165) is 19.3 Å². The van der Waals surface area contributed by atoms with Crippen molar-refractivity contribution < 1.29 is 48.8 Å². The number of carbonyl (C=O) groups excluding carboxylic acids is 2. The van der Waals surface area contributed by atoms with Crippen LogP contribution in [0.2, 0.25) is 0 Å². The van der Waals surface area contributed by atoms with Crippen LogP contribution in [0.5, 0.6) is 0 Å². The average Bonchev–Trinajstić information content (AvgIpc) is 3.31. The monoisotopic (exact) mass is 747 g/mol. The van der Waals surface area contributed by atoms with Gasteiger partial charge in [-0.3, -0.25) is 19.1 Å². The fraction of sp³-hybridized carbons (Fsp3) is 0.865. The van der Waals surface area contributed by atoms with Crippen molar-refractivity contribution in [3.8, 4) is 0 Å². The van der Waals surface area contributed by atoms with E-state index < -0.39 is 68.7 Å². The summed E-state index contributed by atoms with van der Waals surface area (Å²) in [6.45, 7) is 3.15. The number of aliphatic carboxylic acids is 1. The number of aliphatic hydroxyl groups excluding tert-OH is 3. The quantitative estimate of drug-likeness (QED) is 0.0284. The van der Waals surface area contributed by atoms with Crippen molar-refractivity contribution in [3.63, 3.8) is 0 Å². The van der Waals surface area contributed by atoms with E-state index >= 15 is 0 Å². The number of rotatable bonds is 31. The molecule has 1 saturated heterocycles. The smallest absolute Gasteiger partial charge is 0.331 e. The second kappa shape index (κ2) is 26.8. The van der Waals surface area contributed by atoms with Gasteiger partial charge in [0, 0.05) is 26.4 Å². The number of allylic oxidation sites excluding steroid dienone is 2. The Morgan fingerprint density at radius 1 is 0.824 bits per heavy atom. The van der Waals surface area contributed by atoms with Crippen molar-refractivity contribution in [1.82, 2.24) is 15.5 Å². The van der Waals surface area contributed by atoms with Crippen molar-refractivity contribution >= 4 is 25.4 Å². The minimum Gasteiger partial charge on any atom is -0.479 e. The number of unbranched alkanes of at least 4 members (excludes halogenated alkanes) is 16. The van der Waals surface area contributed by atoms with E-state index in [1.54, 1.807) is 0 Å². The van der Waals surface area contributed by atoms with E-state index in [-0.39, 0.29) is 25.4 Å². The van der Waals surface area contributed by atoms with Gasteiger partial charge in [0.05, 0.1) is 43.7 Å². The zero-order valence-electron chi connectivity index (χ0n) is 31.6. The van der Waals surface area contributed by atoms with Crippen LogP contribution < -0.4 is 10.6 Å². The SMILES string of the molecule is CCCCCCC/C=C\CCCCCCCCCCCCCC(=O)NC(C)(COP(=O)(O)CCN1[C@H](CO)[C@@H](O)[C@H](O)[C@H]1CNC(C)=O)C(=O)O. The van der Waals surface area contributed by atoms with Crippen LogP contribution in [0.3, 0.4) is 0 Å². The predicted octanol–water partition coefficient (Wildman–Crippen LogP) is 5.04. The summed E-state index contributed by atoms with van der Waals surface area (Å²) in [5.41, 5.74) is -1.94. The number of nitrogens with one attached hydrogen (secondary N) is 2. The number of likely N-dealkylation sites (tertiary alicyclic amines) is 1. The maximum absolute atomic E-state index is 12.9. The Bertz CT molecular complexity index is 1060. The molecule has 0 aromatic heterocycles. The Balaban J connectivity index is 2.26. The molecule has 2 unspecified atom stereocenters. The lowest BCUT2D eigenvalue weighted by Gasteiger charge is -2.31. The van der Waals surface area contributed by atoms with Gasteiger partial charge in [0.2, 0.25) is 11.8 Å². The topological polar surface area (TPSA) is 206 Å². The van der Waals surface area contributed by atoms with Crippen LogP contribution in [-0.4, -0.2) is 110 Å². The minimum atomic E-state index is -4.42.